The van der Waals surface area contributed by atoms with Crippen molar-refractivity contribution in [1.82, 2.24) is 29.7 Å². The molecule has 1 aliphatic heterocycles. The normalized spacial score (nSPS) is 14.8. The fourth-order valence-corrected chi connectivity index (χ4v) is 2.87. The fourth-order valence-electron chi connectivity index (χ4n) is 2.62. The van der Waals surface area contributed by atoms with Gasteiger partial charge in [0, 0.05) is 25.4 Å². The van der Waals surface area contributed by atoms with Crippen LogP contribution in [0.3, 0.4) is 0 Å². The Morgan fingerprint density at radius 1 is 1.26 bits per heavy atom. The third-order valence-corrected chi connectivity index (χ3v) is 3.96. The van der Waals surface area contributed by atoms with Crippen molar-refractivity contribution in [3.8, 4) is 5.82 Å². The molecule has 122 valence electrons. The summed E-state index contributed by atoms with van der Waals surface area (Å²) < 4.78 is 1.91. The maximum atomic E-state index is 5.17. The molecule has 1 aliphatic rings. The summed E-state index contributed by atoms with van der Waals surface area (Å²) in [5.74, 6) is 1.43. The Morgan fingerprint density at radius 2 is 2.09 bits per heavy atom. The minimum Gasteiger partial charge on any atom is -0.363 e. The summed E-state index contributed by atoms with van der Waals surface area (Å²) in [6.45, 7) is 5.98. The van der Waals surface area contributed by atoms with Gasteiger partial charge in [-0.25, -0.2) is 15.0 Å². The van der Waals surface area contributed by atoms with E-state index >= 15 is 0 Å². The van der Waals surface area contributed by atoms with Crippen LogP contribution in [0, 0.1) is 0 Å². The van der Waals surface area contributed by atoms with E-state index in [0.29, 0.717) is 10.9 Å². The molecule has 0 amide bonds. The lowest BCUT2D eigenvalue weighted by molar-refractivity contribution is 0.327. The lowest BCUT2D eigenvalue weighted by Gasteiger charge is -2.11. The Labute approximate surface area is 141 Å². The molecule has 2 aromatic heterocycles. The van der Waals surface area contributed by atoms with E-state index in [-0.39, 0.29) is 0 Å². The third kappa shape index (κ3) is 4.23. The van der Waals surface area contributed by atoms with Crippen LogP contribution >= 0.6 is 12.2 Å². The summed E-state index contributed by atoms with van der Waals surface area (Å²) >= 11 is 5.17. The second kappa shape index (κ2) is 7.47. The number of nitrogens with one attached hydrogen (secondary N) is 2. The first-order chi connectivity index (χ1) is 11.2. The number of anilines is 1. The van der Waals surface area contributed by atoms with Crippen LogP contribution in [0.25, 0.3) is 5.82 Å². The molecule has 3 rings (SSSR count). The Balaban J connectivity index is 1.69. The number of hydrogen-bond acceptors (Lipinski definition) is 5. The number of aromatic nitrogens is 4. The van der Waals surface area contributed by atoms with Crippen LogP contribution in [0.5, 0.6) is 0 Å². The van der Waals surface area contributed by atoms with Crippen LogP contribution in [0.15, 0.2) is 24.9 Å². The number of hydrogen-bond donors (Lipinski definition) is 2. The zero-order valence-electron chi connectivity index (χ0n) is 13.2. The molecule has 0 radical (unpaired) electrons. The highest BCUT2D eigenvalue weighted by molar-refractivity contribution is 7.80. The summed E-state index contributed by atoms with van der Waals surface area (Å²) in [4.78, 5) is 15.4. The average Bonchev–Trinajstić information content (AvgIpc) is 3.20. The van der Waals surface area contributed by atoms with Crippen molar-refractivity contribution in [3.63, 3.8) is 0 Å². The van der Waals surface area contributed by atoms with Crippen molar-refractivity contribution in [1.29, 1.82) is 0 Å². The molecule has 0 aliphatic carbocycles. The van der Waals surface area contributed by atoms with E-state index in [0.717, 1.165) is 37.7 Å². The van der Waals surface area contributed by atoms with E-state index in [9.17, 15) is 0 Å². The van der Waals surface area contributed by atoms with Crippen molar-refractivity contribution in [2.45, 2.75) is 26.3 Å². The Morgan fingerprint density at radius 3 is 2.87 bits per heavy atom. The molecule has 0 unspecified atom stereocenters. The zero-order chi connectivity index (χ0) is 16.1. The van der Waals surface area contributed by atoms with Crippen molar-refractivity contribution in [2.24, 2.45) is 0 Å². The summed E-state index contributed by atoms with van der Waals surface area (Å²) in [5, 5.41) is 6.63. The smallest absolute Gasteiger partial charge is 0.171 e. The van der Waals surface area contributed by atoms with Gasteiger partial charge in [-0.15, -0.1) is 0 Å². The lowest BCUT2D eigenvalue weighted by Crippen LogP contribution is -2.28. The first kappa shape index (κ1) is 15.8. The largest absolute Gasteiger partial charge is 0.363 e. The van der Waals surface area contributed by atoms with E-state index in [1.165, 1.54) is 19.2 Å². The summed E-state index contributed by atoms with van der Waals surface area (Å²) in [6, 6.07) is 1.85. The van der Waals surface area contributed by atoms with Crippen LogP contribution in [0.4, 0.5) is 5.82 Å². The fraction of sp³-hybridized carbons (Fsp3) is 0.467. The molecule has 8 heteroatoms. The summed E-state index contributed by atoms with van der Waals surface area (Å²) in [6.07, 6.45) is 7.90. The lowest BCUT2D eigenvalue weighted by atomic mass is 10.4. The van der Waals surface area contributed by atoms with Crippen LogP contribution < -0.4 is 10.6 Å². The molecule has 0 aromatic carbocycles. The predicted octanol–water partition coefficient (Wildman–Crippen LogP) is 1.56. The van der Waals surface area contributed by atoms with Gasteiger partial charge in [0.1, 0.15) is 24.3 Å². The van der Waals surface area contributed by atoms with Crippen LogP contribution in [0.1, 0.15) is 25.5 Å². The van der Waals surface area contributed by atoms with E-state index in [2.05, 4.69) is 30.5 Å². The highest BCUT2D eigenvalue weighted by atomic mass is 32.1. The Bertz CT molecular complexity index is 663. The van der Waals surface area contributed by atoms with E-state index in [4.69, 9.17) is 12.2 Å². The van der Waals surface area contributed by atoms with Gasteiger partial charge in [-0.2, -0.15) is 0 Å². The molecular weight excluding hydrogens is 310 g/mol. The quantitative estimate of drug-likeness (QED) is 0.806. The first-order valence-corrected chi connectivity index (χ1v) is 8.28. The van der Waals surface area contributed by atoms with Gasteiger partial charge in [0.05, 0.1) is 5.69 Å². The van der Waals surface area contributed by atoms with E-state index in [1.807, 2.05) is 23.8 Å². The molecule has 0 spiro atoms. The molecule has 0 bridgehead atoms. The Hall–Kier alpha value is -2.06. The molecule has 23 heavy (non-hydrogen) atoms. The zero-order valence-corrected chi connectivity index (χ0v) is 14.0. The number of nitrogens with zero attached hydrogens (tertiary/aromatic N) is 5. The maximum Gasteiger partial charge on any atom is 0.171 e. The van der Waals surface area contributed by atoms with Gasteiger partial charge < -0.3 is 10.6 Å². The molecule has 0 saturated carbocycles. The SMILES string of the molecule is CCNC(=S)Nc1cc(-n2cnc(CN3CCCC3)c2)ncn1. The second-order valence-corrected chi connectivity index (χ2v) is 5.91. The topological polar surface area (TPSA) is 70.9 Å². The van der Waals surface area contributed by atoms with Crippen molar-refractivity contribution < 1.29 is 0 Å². The standard InChI is InChI=1S/C15H21N7S/c1-2-16-15(23)20-13-7-14(18-10-17-13)22-9-12(19-11-22)8-21-5-3-4-6-21/h7,9-11H,2-6,8H2,1H3,(H2,16,17,18,20,23). The number of likely N-dealkylation sites (tertiary alicyclic amines) is 1. The van der Waals surface area contributed by atoms with E-state index < -0.39 is 0 Å². The predicted molar refractivity (Wildman–Crippen MR) is 93.6 cm³/mol. The summed E-state index contributed by atoms with van der Waals surface area (Å²) in [7, 11) is 0. The van der Waals surface area contributed by atoms with Gasteiger partial charge in [-0.05, 0) is 45.1 Å². The molecule has 1 saturated heterocycles. The maximum absolute atomic E-state index is 5.17. The highest BCUT2D eigenvalue weighted by Gasteiger charge is 2.13. The molecule has 2 N–H and O–H groups in total. The first-order valence-electron chi connectivity index (χ1n) is 7.87. The number of rotatable bonds is 5. The highest BCUT2D eigenvalue weighted by Crippen LogP contribution is 2.14. The number of thiocarbonyl (C=S) groups is 1. The molecular formula is C15H21N7S. The van der Waals surface area contributed by atoms with Crippen LogP contribution in [0.2, 0.25) is 0 Å². The Kier molecular flexibility index (Phi) is 5.14. The van der Waals surface area contributed by atoms with Crippen molar-refractivity contribution in [2.75, 3.05) is 25.0 Å². The van der Waals surface area contributed by atoms with Gasteiger partial charge in [0.2, 0.25) is 0 Å². The van der Waals surface area contributed by atoms with Crippen molar-refractivity contribution >= 4 is 23.1 Å². The molecule has 3 heterocycles. The molecule has 1 fully saturated rings. The number of imidazole rings is 1. The van der Waals surface area contributed by atoms with Crippen molar-refractivity contribution in [3.05, 3.63) is 30.6 Å². The van der Waals surface area contributed by atoms with Gasteiger partial charge in [0.25, 0.3) is 0 Å². The second-order valence-electron chi connectivity index (χ2n) is 5.50. The van der Waals surface area contributed by atoms with Crippen LogP contribution in [-0.4, -0.2) is 49.2 Å². The van der Waals surface area contributed by atoms with Gasteiger partial charge in [-0.3, -0.25) is 9.47 Å². The summed E-state index contributed by atoms with van der Waals surface area (Å²) in [5.41, 5.74) is 1.06. The average molecular weight is 331 g/mol. The van der Waals surface area contributed by atoms with Gasteiger partial charge in [-0.1, -0.05) is 0 Å². The van der Waals surface area contributed by atoms with Gasteiger partial charge >= 0.3 is 0 Å². The van der Waals surface area contributed by atoms with Gasteiger partial charge in [0.15, 0.2) is 5.11 Å². The minimum absolute atomic E-state index is 0.553. The minimum atomic E-state index is 0.553. The van der Waals surface area contributed by atoms with E-state index in [1.54, 1.807) is 6.33 Å². The monoisotopic (exact) mass is 331 g/mol. The molecule has 7 nitrogen and oxygen atoms in total. The van der Waals surface area contributed by atoms with Crippen LogP contribution in [-0.2, 0) is 6.54 Å². The third-order valence-electron chi connectivity index (χ3n) is 3.72. The molecule has 0 atom stereocenters. The molecule has 2 aromatic rings.